The molecule has 28 heavy (non-hydrogen) atoms. The van der Waals surface area contributed by atoms with Crippen molar-refractivity contribution in [2.45, 2.75) is 43.1 Å². The van der Waals surface area contributed by atoms with Crippen molar-refractivity contribution in [1.82, 2.24) is 15.3 Å². The van der Waals surface area contributed by atoms with E-state index in [2.05, 4.69) is 33.5 Å². The number of fused-ring (bicyclic) bond motifs is 1. The molecule has 3 aromatic rings. The Morgan fingerprint density at radius 3 is 2.93 bits per heavy atom. The fraction of sp³-hybridized carbons (Fsp3) is 0.381. The van der Waals surface area contributed by atoms with E-state index in [-0.39, 0.29) is 17.3 Å². The first-order chi connectivity index (χ1) is 13.6. The number of carbonyl (C=O) groups excluding carboxylic acids is 1. The SMILES string of the molecule is Cc1nc(S[C@H](C)C(=O)NC[C@@H]2CCCO2)c2cc(-c3ccccc3)sc2n1. The van der Waals surface area contributed by atoms with Gasteiger partial charge in [0.2, 0.25) is 5.91 Å². The van der Waals surface area contributed by atoms with Crippen LogP contribution >= 0.6 is 23.1 Å². The first-order valence-electron chi connectivity index (χ1n) is 9.50. The number of nitrogens with one attached hydrogen (secondary N) is 1. The Morgan fingerprint density at radius 2 is 2.18 bits per heavy atom. The summed E-state index contributed by atoms with van der Waals surface area (Å²) in [5.74, 6) is 0.742. The topological polar surface area (TPSA) is 64.1 Å². The number of thioether (sulfide) groups is 1. The zero-order valence-corrected chi connectivity index (χ0v) is 17.6. The summed E-state index contributed by atoms with van der Waals surface area (Å²) in [6, 6.07) is 12.4. The second-order valence-corrected chi connectivity index (χ2v) is 9.27. The Hall–Kier alpha value is -1.96. The molecule has 0 bridgehead atoms. The van der Waals surface area contributed by atoms with E-state index in [1.54, 1.807) is 11.3 Å². The number of aryl methyl sites for hydroxylation is 1. The van der Waals surface area contributed by atoms with E-state index < -0.39 is 0 Å². The van der Waals surface area contributed by atoms with Crippen molar-refractivity contribution in [3.05, 3.63) is 42.2 Å². The number of hydrogen-bond donors (Lipinski definition) is 1. The van der Waals surface area contributed by atoms with Crippen molar-refractivity contribution in [3.8, 4) is 10.4 Å². The van der Waals surface area contributed by atoms with Crippen molar-refractivity contribution < 1.29 is 9.53 Å². The minimum absolute atomic E-state index is 0.0171. The third-order valence-corrected chi connectivity index (χ3v) is 6.89. The number of hydrogen-bond acceptors (Lipinski definition) is 6. The molecule has 7 heteroatoms. The molecule has 0 unspecified atom stereocenters. The van der Waals surface area contributed by atoms with Gasteiger partial charge in [0.15, 0.2) is 0 Å². The van der Waals surface area contributed by atoms with Gasteiger partial charge in [0.05, 0.1) is 11.4 Å². The van der Waals surface area contributed by atoms with Crippen molar-refractivity contribution in [3.63, 3.8) is 0 Å². The minimum atomic E-state index is -0.237. The van der Waals surface area contributed by atoms with Crippen LogP contribution in [-0.4, -0.2) is 40.4 Å². The Balaban J connectivity index is 1.52. The summed E-state index contributed by atoms with van der Waals surface area (Å²) >= 11 is 3.15. The molecule has 1 fully saturated rings. The first-order valence-corrected chi connectivity index (χ1v) is 11.2. The third kappa shape index (κ3) is 4.37. The van der Waals surface area contributed by atoms with Gasteiger partial charge in [-0.2, -0.15) is 0 Å². The average molecular weight is 414 g/mol. The van der Waals surface area contributed by atoms with Crippen molar-refractivity contribution in [1.29, 1.82) is 0 Å². The molecule has 1 N–H and O–H groups in total. The van der Waals surface area contributed by atoms with E-state index >= 15 is 0 Å². The minimum Gasteiger partial charge on any atom is -0.376 e. The lowest BCUT2D eigenvalue weighted by molar-refractivity contribution is -0.120. The van der Waals surface area contributed by atoms with Gasteiger partial charge in [0, 0.05) is 23.4 Å². The standard InChI is InChI=1S/C21H23N3O2S2/c1-13(19(25)22-12-16-9-6-10-26-16)27-20-17-11-18(15-7-4-3-5-8-15)28-21(17)24-14(2)23-20/h3-5,7-8,11,13,16H,6,9-10,12H2,1-2H3,(H,22,25)/t13-,16+/m1/s1. The summed E-state index contributed by atoms with van der Waals surface area (Å²) in [6.45, 7) is 5.19. The maximum absolute atomic E-state index is 12.5. The van der Waals surface area contributed by atoms with Crippen LogP contribution in [0.5, 0.6) is 0 Å². The molecule has 4 rings (SSSR count). The molecule has 2 atom stereocenters. The number of aromatic nitrogens is 2. The normalized spacial score (nSPS) is 17.7. The van der Waals surface area contributed by atoms with Gasteiger partial charge in [0.25, 0.3) is 0 Å². The fourth-order valence-electron chi connectivity index (χ4n) is 3.22. The predicted octanol–water partition coefficient (Wildman–Crippen LogP) is 4.44. The largest absolute Gasteiger partial charge is 0.376 e. The number of nitrogens with zero attached hydrogens (tertiary/aromatic N) is 2. The van der Waals surface area contributed by atoms with Crippen LogP contribution in [0.25, 0.3) is 20.7 Å². The van der Waals surface area contributed by atoms with Crippen molar-refractivity contribution >= 4 is 39.2 Å². The molecule has 0 saturated carbocycles. The molecule has 146 valence electrons. The molecule has 1 saturated heterocycles. The Bertz CT molecular complexity index is 968. The average Bonchev–Trinajstić information content (AvgIpc) is 3.36. The van der Waals surface area contributed by atoms with Crippen LogP contribution in [-0.2, 0) is 9.53 Å². The van der Waals surface area contributed by atoms with Crippen LogP contribution in [0.1, 0.15) is 25.6 Å². The molecule has 1 amide bonds. The number of thiophene rings is 1. The molecular weight excluding hydrogens is 390 g/mol. The lowest BCUT2D eigenvalue weighted by Crippen LogP contribution is -2.36. The van der Waals surface area contributed by atoms with Gasteiger partial charge in [-0.3, -0.25) is 4.79 Å². The highest BCUT2D eigenvalue weighted by atomic mass is 32.2. The number of benzene rings is 1. The van der Waals surface area contributed by atoms with Gasteiger partial charge in [-0.25, -0.2) is 9.97 Å². The van der Waals surface area contributed by atoms with E-state index in [1.165, 1.54) is 17.3 Å². The molecule has 5 nitrogen and oxygen atoms in total. The molecular formula is C21H23N3O2S2. The summed E-state index contributed by atoms with van der Waals surface area (Å²) in [7, 11) is 0. The van der Waals surface area contributed by atoms with Crippen LogP contribution in [0.3, 0.4) is 0 Å². The van der Waals surface area contributed by atoms with Gasteiger partial charge in [0.1, 0.15) is 15.7 Å². The van der Waals surface area contributed by atoms with Crippen LogP contribution in [0.4, 0.5) is 0 Å². The maximum atomic E-state index is 12.5. The summed E-state index contributed by atoms with van der Waals surface area (Å²) < 4.78 is 5.58. The fourth-order valence-corrected chi connectivity index (χ4v) is 5.36. The van der Waals surface area contributed by atoms with E-state index in [9.17, 15) is 4.79 Å². The zero-order chi connectivity index (χ0) is 19.5. The van der Waals surface area contributed by atoms with E-state index in [0.717, 1.165) is 45.4 Å². The third-order valence-electron chi connectivity index (χ3n) is 4.71. The van der Waals surface area contributed by atoms with Gasteiger partial charge in [-0.1, -0.05) is 42.1 Å². The summed E-state index contributed by atoms with van der Waals surface area (Å²) in [5, 5.41) is 4.65. The molecule has 1 aromatic carbocycles. The van der Waals surface area contributed by atoms with Crippen LogP contribution in [0.15, 0.2) is 41.4 Å². The molecule has 0 spiro atoms. The van der Waals surface area contributed by atoms with E-state index in [1.807, 2.05) is 32.0 Å². The summed E-state index contributed by atoms with van der Waals surface area (Å²) in [6.07, 6.45) is 2.25. The highest BCUT2D eigenvalue weighted by Gasteiger charge is 2.21. The van der Waals surface area contributed by atoms with E-state index in [0.29, 0.717) is 6.54 Å². The van der Waals surface area contributed by atoms with Gasteiger partial charge >= 0.3 is 0 Å². The maximum Gasteiger partial charge on any atom is 0.233 e. The summed E-state index contributed by atoms with van der Waals surface area (Å²) in [4.78, 5) is 23.9. The molecule has 0 radical (unpaired) electrons. The highest BCUT2D eigenvalue weighted by Crippen LogP contribution is 2.37. The Morgan fingerprint density at radius 1 is 1.36 bits per heavy atom. The molecule has 0 aliphatic carbocycles. The highest BCUT2D eigenvalue weighted by molar-refractivity contribution is 8.00. The number of rotatable bonds is 6. The van der Waals surface area contributed by atoms with Gasteiger partial charge in [-0.15, -0.1) is 11.3 Å². The lowest BCUT2D eigenvalue weighted by Gasteiger charge is -2.15. The Labute approximate surface area is 172 Å². The second-order valence-electron chi connectivity index (χ2n) is 6.91. The van der Waals surface area contributed by atoms with E-state index in [4.69, 9.17) is 4.74 Å². The monoisotopic (exact) mass is 413 g/mol. The second kappa shape index (κ2) is 8.59. The zero-order valence-electron chi connectivity index (χ0n) is 16.0. The van der Waals surface area contributed by atoms with Crippen molar-refractivity contribution in [2.75, 3.05) is 13.2 Å². The Kier molecular flexibility index (Phi) is 5.94. The van der Waals surface area contributed by atoms with Crippen LogP contribution in [0.2, 0.25) is 0 Å². The quantitative estimate of drug-likeness (QED) is 0.478. The van der Waals surface area contributed by atoms with Crippen LogP contribution < -0.4 is 5.32 Å². The first kappa shape index (κ1) is 19.4. The molecule has 1 aliphatic rings. The smallest absolute Gasteiger partial charge is 0.233 e. The molecule has 2 aromatic heterocycles. The van der Waals surface area contributed by atoms with Gasteiger partial charge < -0.3 is 10.1 Å². The lowest BCUT2D eigenvalue weighted by atomic mass is 10.2. The number of ether oxygens (including phenoxy) is 1. The molecule has 3 heterocycles. The molecule has 1 aliphatic heterocycles. The number of carbonyl (C=O) groups is 1. The van der Waals surface area contributed by atoms with Crippen LogP contribution in [0, 0.1) is 6.92 Å². The summed E-state index contributed by atoms with van der Waals surface area (Å²) in [5.41, 5.74) is 1.17. The van der Waals surface area contributed by atoms with Crippen molar-refractivity contribution in [2.24, 2.45) is 0 Å². The predicted molar refractivity (Wildman–Crippen MR) is 115 cm³/mol. The number of amides is 1. The van der Waals surface area contributed by atoms with Gasteiger partial charge in [-0.05, 0) is 38.3 Å².